The summed E-state index contributed by atoms with van der Waals surface area (Å²) < 4.78 is 36.0. The third kappa shape index (κ3) is 6.94. The molecule has 0 radical (unpaired) electrons. The molecule has 3 aromatic heterocycles. The standard InChI is InChI=1S/C27H35F2N9O5/c1-27(2,3)43-25(40)31-16-5-4-9-36(14-16)20-8-12-37-23(33-20)18(13-30-37)24(39)32-19-15-38(34-21(19)22(28)29)17-6-10-35(11-7-17)26(41)42/h8,12-13,15-17,22H,4-7,9-11,14H2,1-3H3,(H,31,40)(H,32,39)(H,41,42)/t16-/m0/s1. The smallest absolute Gasteiger partial charge is 0.407 e. The van der Waals surface area contributed by atoms with E-state index in [0.29, 0.717) is 31.7 Å². The van der Waals surface area contributed by atoms with Gasteiger partial charge < -0.3 is 30.3 Å². The summed E-state index contributed by atoms with van der Waals surface area (Å²) in [6.45, 7) is 7.09. The highest BCUT2D eigenvalue weighted by molar-refractivity contribution is 6.08. The first-order chi connectivity index (χ1) is 20.4. The van der Waals surface area contributed by atoms with Crippen molar-refractivity contribution in [3.05, 3.63) is 35.9 Å². The molecule has 0 aromatic carbocycles. The number of likely N-dealkylation sites (tertiary alicyclic amines) is 1. The van der Waals surface area contributed by atoms with E-state index in [1.54, 1.807) is 33.0 Å². The predicted molar refractivity (Wildman–Crippen MR) is 151 cm³/mol. The van der Waals surface area contributed by atoms with Crippen molar-refractivity contribution in [3.63, 3.8) is 0 Å². The van der Waals surface area contributed by atoms with Crippen LogP contribution in [0.5, 0.6) is 0 Å². The number of carbonyl (C=O) groups excluding carboxylic acids is 2. The SMILES string of the molecule is CC(C)(C)OC(=O)N[C@H]1CCCN(c2ccn3ncc(C(=O)Nc4cn(C5CCN(C(=O)O)CC5)nc4C(F)F)c3n2)C1. The van der Waals surface area contributed by atoms with Gasteiger partial charge in [0.15, 0.2) is 11.3 Å². The average molecular weight is 604 g/mol. The van der Waals surface area contributed by atoms with E-state index in [4.69, 9.17) is 4.74 Å². The number of halogens is 2. The Labute approximate surface area is 246 Å². The number of aromatic nitrogens is 5. The van der Waals surface area contributed by atoms with E-state index in [2.05, 4.69) is 25.8 Å². The quantitative estimate of drug-likeness (QED) is 0.380. The summed E-state index contributed by atoms with van der Waals surface area (Å²) in [4.78, 5) is 44.7. The Morgan fingerprint density at radius 3 is 2.56 bits per heavy atom. The van der Waals surface area contributed by atoms with Gasteiger partial charge in [-0.3, -0.25) is 9.48 Å². The van der Waals surface area contributed by atoms with Crippen LogP contribution in [-0.2, 0) is 4.74 Å². The monoisotopic (exact) mass is 603 g/mol. The second kappa shape index (κ2) is 12.0. The van der Waals surface area contributed by atoms with Crippen LogP contribution in [0.25, 0.3) is 5.65 Å². The van der Waals surface area contributed by atoms with Gasteiger partial charge in [0.2, 0.25) is 0 Å². The van der Waals surface area contributed by atoms with Crippen molar-refractivity contribution in [3.8, 4) is 0 Å². The Bertz CT molecular complexity index is 1490. The van der Waals surface area contributed by atoms with Crippen molar-refractivity contribution in [2.45, 2.75) is 70.6 Å². The number of hydrogen-bond acceptors (Lipinski definition) is 8. The molecule has 2 saturated heterocycles. The Balaban J connectivity index is 1.30. The lowest BCUT2D eigenvalue weighted by molar-refractivity contribution is 0.0499. The number of alkyl halides is 2. The van der Waals surface area contributed by atoms with Crippen LogP contribution in [0.3, 0.4) is 0 Å². The van der Waals surface area contributed by atoms with Crippen molar-refractivity contribution >= 4 is 35.2 Å². The van der Waals surface area contributed by atoms with Crippen molar-refractivity contribution in [2.75, 3.05) is 36.4 Å². The van der Waals surface area contributed by atoms with Gasteiger partial charge in [-0.05, 0) is 52.5 Å². The van der Waals surface area contributed by atoms with Crippen LogP contribution in [0.2, 0.25) is 0 Å². The van der Waals surface area contributed by atoms with Gasteiger partial charge in [-0.15, -0.1) is 0 Å². The maximum Gasteiger partial charge on any atom is 0.407 e. The molecule has 3 N–H and O–H groups in total. The zero-order valence-corrected chi connectivity index (χ0v) is 24.2. The lowest BCUT2D eigenvalue weighted by atomic mass is 10.1. The molecule has 0 bridgehead atoms. The second-order valence-corrected chi connectivity index (χ2v) is 11.7. The molecule has 5 heterocycles. The minimum Gasteiger partial charge on any atom is -0.465 e. The van der Waals surface area contributed by atoms with Gasteiger partial charge in [-0.1, -0.05) is 0 Å². The predicted octanol–water partition coefficient (Wildman–Crippen LogP) is 3.92. The molecule has 2 aliphatic rings. The van der Waals surface area contributed by atoms with Crippen molar-refractivity contribution in [1.29, 1.82) is 0 Å². The fourth-order valence-corrected chi connectivity index (χ4v) is 5.33. The minimum atomic E-state index is -2.94. The molecular formula is C27H35F2N9O5. The van der Waals surface area contributed by atoms with Gasteiger partial charge in [0, 0.05) is 44.6 Å². The Morgan fingerprint density at radius 2 is 1.88 bits per heavy atom. The van der Waals surface area contributed by atoms with E-state index in [-0.39, 0.29) is 42.1 Å². The molecule has 14 nitrogen and oxygen atoms in total. The summed E-state index contributed by atoms with van der Waals surface area (Å²) in [5.41, 5.74) is -0.994. The van der Waals surface area contributed by atoms with Crippen LogP contribution < -0.4 is 15.5 Å². The van der Waals surface area contributed by atoms with Gasteiger partial charge in [0.05, 0.1) is 17.9 Å². The van der Waals surface area contributed by atoms with Crippen LogP contribution in [0.4, 0.5) is 29.9 Å². The van der Waals surface area contributed by atoms with Crippen LogP contribution in [0.15, 0.2) is 24.7 Å². The molecular weight excluding hydrogens is 568 g/mol. The van der Waals surface area contributed by atoms with Gasteiger partial charge in [-0.25, -0.2) is 27.9 Å². The second-order valence-electron chi connectivity index (χ2n) is 11.7. The Kier molecular flexibility index (Phi) is 8.37. The first-order valence-corrected chi connectivity index (χ1v) is 14.1. The largest absolute Gasteiger partial charge is 0.465 e. The van der Waals surface area contributed by atoms with E-state index in [0.717, 1.165) is 12.8 Å². The zero-order valence-electron chi connectivity index (χ0n) is 24.2. The van der Waals surface area contributed by atoms with Gasteiger partial charge in [-0.2, -0.15) is 10.2 Å². The summed E-state index contributed by atoms with van der Waals surface area (Å²) in [7, 11) is 0. The highest BCUT2D eigenvalue weighted by Gasteiger charge is 2.29. The van der Waals surface area contributed by atoms with Crippen LogP contribution in [-0.4, -0.2) is 90.3 Å². The zero-order chi connectivity index (χ0) is 30.9. The molecule has 3 aromatic rings. The summed E-state index contributed by atoms with van der Waals surface area (Å²) in [5.74, 6) is -0.101. The number of carbonyl (C=O) groups is 3. The first kappa shape index (κ1) is 30.0. The maximum absolute atomic E-state index is 13.9. The number of nitrogens with one attached hydrogen (secondary N) is 2. The maximum atomic E-state index is 13.9. The average Bonchev–Trinajstić information content (AvgIpc) is 3.56. The highest BCUT2D eigenvalue weighted by atomic mass is 19.3. The van der Waals surface area contributed by atoms with Crippen LogP contribution in [0, 0.1) is 0 Å². The van der Waals surface area contributed by atoms with E-state index < -0.39 is 35.8 Å². The third-order valence-electron chi connectivity index (χ3n) is 7.39. The molecule has 0 aliphatic carbocycles. The fourth-order valence-electron chi connectivity index (χ4n) is 5.33. The summed E-state index contributed by atoms with van der Waals surface area (Å²) in [5, 5.41) is 22.8. The molecule has 0 saturated carbocycles. The number of nitrogens with zero attached hydrogens (tertiary/aromatic N) is 7. The van der Waals surface area contributed by atoms with E-state index in [1.807, 2.05) is 4.90 Å². The Morgan fingerprint density at radius 1 is 1.14 bits per heavy atom. The summed E-state index contributed by atoms with van der Waals surface area (Å²) >= 11 is 0. The van der Waals surface area contributed by atoms with Crippen molar-refractivity contribution in [2.24, 2.45) is 0 Å². The highest BCUT2D eigenvalue weighted by Crippen LogP contribution is 2.31. The number of rotatable bonds is 6. The molecule has 3 amide bonds. The van der Waals surface area contributed by atoms with Gasteiger partial charge >= 0.3 is 12.2 Å². The number of hydrogen-bond donors (Lipinski definition) is 3. The lowest BCUT2D eigenvalue weighted by Gasteiger charge is -2.34. The molecule has 16 heteroatoms. The molecule has 2 aliphatic heterocycles. The molecule has 0 unspecified atom stereocenters. The van der Waals surface area contributed by atoms with Crippen molar-refractivity contribution in [1.82, 2.24) is 34.6 Å². The number of amides is 3. The number of alkyl carbamates (subject to hydrolysis) is 1. The van der Waals surface area contributed by atoms with E-state index >= 15 is 0 Å². The molecule has 43 heavy (non-hydrogen) atoms. The topological polar surface area (TPSA) is 159 Å². The third-order valence-corrected chi connectivity index (χ3v) is 7.39. The number of piperidine rings is 2. The number of ether oxygens (including phenoxy) is 1. The molecule has 0 spiro atoms. The van der Waals surface area contributed by atoms with E-state index in [9.17, 15) is 28.3 Å². The molecule has 5 rings (SSSR count). The first-order valence-electron chi connectivity index (χ1n) is 14.1. The molecule has 2 fully saturated rings. The number of anilines is 2. The van der Waals surface area contributed by atoms with Crippen LogP contribution in [0.1, 0.15) is 75.0 Å². The van der Waals surface area contributed by atoms with Gasteiger partial charge in [0.1, 0.15) is 17.0 Å². The molecule has 232 valence electrons. The van der Waals surface area contributed by atoms with Gasteiger partial charge in [0.25, 0.3) is 12.3 Å². The Hall–Kier alpha value is -4.50. The number of carboxylic acid groups (broad SMARTS) is 1. The normalized spacial score (nSPS) is 18.2. The lowest BCUT2D eigenvalue weighted by Crippen LogP contribution is -2.49. The van der Waals surface area contributed by atoms with E-state index in [1.165, 1.54) is 26.5 Å². The van der Waals surface area contributed by atoms with Crippen LogP contribution >= 0.6 is 0 Å². The van der Waals surface area contributed by atoms with Crippen molar-refractivity contribution < 1.29 is 33.0 Å². The summed E-state index contributed by atoms with van der Waals surface area (Å²) in [6, 6.07) is 1.32. The minimum absolute atomic E-state index is 0.0880. The number of fused-ring (bicyclic) bond motifs is 1. The fraction of sp³-hybridized carbons (Fsp3) is 0.556. The summed E-state index contributed by atoms with van der Waals surface area (Å²) in [6.07, 6.45) is 2.28. The molecule has 1 atom stereocenters.